The van der Waals surface area contributed by atoms with Crippen molar-refractivity contribution in [1.82, 2.24) is 15.6 Å². The Kier molecular flexibility index (Phi) is 6.59. The van der Waals surface area contributed by atoms with Crippen molar-refractivity contribution in [2.24, 2.45) is 4.99 Å². The van der Waals surface area contributed by atoms with E-state index < -0.39 is 9.84 Å². The van der Waals surface area contributed by atoms with E-state index in [0.717, 1.165) is 30.1 Å². The first-order chi connectivity index (χ1) is 13.8. The van der Waals surface area contributed by atoms with E-state index in [1.165, 1.54) is 28.3 Å². The topological polar surface area (TPSA) is 86.3 Å². The molecule has 0 aliphatic heterocycles. The molecule has 3 rings (SSSR count). The fourth-order valence-electron chi connectivity index (χ4n) is 3.29. The average Bonchev–Trinajstić information content (AvgIpc) is 3.06. The summed E-state index contributed by atoms with van der Waals surface area (Å²) in [7, 11) is -1.26. The van der Waals surface area contributed by atoms with Gasteiger partial charge in [-0.05, 0) is 41.7 Å². The largest absolute Gasteiger partial charge is 0.361 e. The van der Waals surface area contributed by atoms with E-state index in [1.54, 1.807) is 7.05 Å². The van der Waals surface area contributed by atoms with Gasteiger partial charge in [0.25, 0.3) is 0 Å². The van der Waals surface area contributed by atoms with E-state index in [-0.39, 0.29) is 5.75 Å². The van der Waals surface area contributed by atoms with Gasteiger partial charge < -0.3 is 15.6 Å². The van der Waals surface area contributed by atoms with E-state index in [0.29, 0.717) is 6.54 Å². The lowest BCUT2D eigenvalue weighted by molar-refractivity contribution is 0.601. The van der Waals surface area contributed by atoms with Crippen molar-refractivity contribution in [1.29, 1.82) is 0 Å². The van der Waals surface area contributed by atoms with Crippen LogP contribution >= 0.6 is 0 Å². The second kappa shape index (κ2) is 9.13. The molecule has 0 unspecified atom stereocenters. The van der Waals surface area contributed by atoms with Crippen LogP contribution in [0.4, 0.5) is 0 Å². The molecule has 3 aromatic rings. The average molecular weight is 413 g/mol. The van der Waals surface area contributed by atoms with Gasteiger partial charge in [0.15, 0.2) is 15.8 Å². The Hall–Kier alpha value is -2.80. The summed E-state index contributed by atoms with van der Waals surface area (Å²) in [6.45, 7) is 3.48. The highest BCUT2D eigenvalue weighted by molar-refractivity contribution is 7.89. The van der Waals surface area contributed by atoms with Crippen LogP contribution in [0.5, 0.6) is 0 Å². The van der Waals surface area contributed by atoms with Gasteiger partial charge in [0.2, 0.25) is 0 Å². The normalized spacial score (nSPS) is 12.3. The lowest BCUT2D eigenvalue weighted by Gasteiger charge is -2.12. The van der Waals surface area contributed by atoms with Crippen LogP contribution in [-0.4, -0.2) is 39.2 Å². The second-order valence-corrected chi connectivity index (χ2v) is 9.49. The molecule has 7 heteroatoms. The summed E-state index contributed by atoms with van der Waals surface area (Å²) in [5.74, 6) is 0.804. The van der Waals surface area contributed by atoms with Crippen LogP contribution in [0.2, 0.25) is 0 Å². The summed E-state index contributed by atoms with van der Waals surface area (Å²) in [6, 6.07) is 14.0. The van der Waals surface area contributed by atoms with Crippen LogP contribution in [0.15, 0.2) is 53.7 Å². The molecule has 3 N–H and O–H groups in total. The number of nitrogens with zero attached hydrogens (tertiary/aromatic N) is 1. The SMILES string of the molecule is CN=C(NCCc1c[nH]c2cc(C)ccc12)NCc1ccc(CS(C)(=O)=O)cc1. The molecule has 0 bridgehead atoms. The van der Waals surface area contributed by atoms with Crippen LogP contribution in [0, 0.1) is 6.92 Å². The zero-order valence-corrected chi connectivity index (χ0v) is 17.9. The number of rotatable bonds is 7. The number of nitrogens with one attached hydrogen (secondary N) is 3. The first kappa shape index (κ1) is 20.9. The van der Waals surface area contributed by atoms with Crippen LogP contribution in [-0.2, 0) is 28.6 Å². The Bertz CT molecular complexity index is 1100. The van der Waals surface area contributed by atoms with Crippen LogP contribution in [0.3, 0.4) is 0 Å². The molecule has 154 valence electrons. The number of benzene rings is 2. The highest BCUT2D eigenvalue weighted by Gasteiger charge is 2.06. The Labute approximate surface area is 172 Å². The standard InChI is InChI=1S/C22H28N4O2S/c1-16-4-9-20-19(14-25-21(20)12-16)10-11-24-22(23-2)26-13-17-5-7-18(8-6-17)15-29(3,27)28/h4-9,12,14,25H,10-11,13,15H2,1-3H3,(H2,23,24,26). The second-order valence-electron chi connectivity index (χ2n) is 7.35. The van der Waals surface area contributed by atoms with Gasteiger partial charge in [-0.25, -0.2) is 8.42 Å². The number of guanidine groups is 1. The van der Waals surface area contributed by atoms with Gasteiger partial charge in [-0.3, -0.25) is 4.99 Å². The van der Waals surface area contributed by atoms with Gasteiger partial charge in [0.1, 0.15) is 0 Å². The summed E-state index contributed by atoms with van der Waals surface area (Å²) in [5, 5.41) is 7.89. The molecule has 1 aromatic heterocycles. The van der Waals surface area contributed by atoms with Crippen LogP contribution in [0.1, 0.15) is 22.3 Å². The van der Waals surface area contributed by atoms with E-state index in [4.69, 9.17) is 0 Å². The minimum atomic E-state index is -3.01. The van der Waals surface area contributed by atoms with Crippen molar-refractivity contribution >= 4 is 26.7 Å². The monoisotopic (exact) mass is 412 g/mol. The molecule has 0 saturated heterocycles. The van der Waals surface area contributed by atoms with E-state index >= 15 is 0 Å². The first-order valence-corrected chi connectivity index (χ1v) is 11.7. The number of aryl methyl sites for hydroxylation is 1. The maximum absolute atomic E-state index is 11.4. The zero-order valence-electron chi connectivity index (χ0n) is 17.1. The Morgan fingerprint density at radius 1 is 1.07 bits per heavy atom. The lowest BCUT2D eigenvalue weighted by Crippen LogP contribution is -2.37. The molecule has 0 aliphatic carbocycles. The number of fused-ring (bicyclic) bond motifs is 1. The van der Waals surface area contributed by atoms with Crippen molar-refractivity contribution < 1.29 is 8.42 Å². The number of sulfone groups is 1. The summed E-state index contributed by atoms with van der Waals surface area (Å²) >= 11 is 0. The number of aromatic nitrogens is 1. The van der Waals surface area contributed by atoms with Gasteiger partial charge in [0, 0.05) is 43.5 Å². The van der Waals surface area contributed by atoms with Crippen LogP contribution in [0.25, 0.3) is 10.9 Å². The molecule has 0 fully saturated rings. The maximum atomic E-state index is 11.4. The fourth-order valence-corrected chi connectivity index (χ4v) is 4.08. The summed E-state index contributed by atoms with van der Waals surface area (Å²) in [6.07, 6.45) is 4.21. The number of aromatic amines is 1. The Morgan fingerprint density at radius 2 is 1.79 bits per heavy atom. The molecule has 29 heavy (non-hydrogen) atoms. The molecular formula is C22H28N4O2S. The van der Waals surface area contributed by atoms with Gasteiger partial charge in [-0.1, -0.05) is 36.4 Å². The quantitative estimate of drug-likeness (QED) is 0.411. The van der Waals surface area contributed by atoms with Crippen LogP contribution < -0.4 is 10.6 Å². The Balaban J connectivity index is 1.49. The van der Waals surface area contributed by atoms with E-state index in [9.17, 15) is 8.42 Å². The van der Waals surface area contributed by atoms with Crippen molar-refractivity contribution in [3.63, 3.8) is 0 Å². The predicted molar refractivity (Wildman–Crippen MR) is 120 cm³/mol. The maximum Gasteiger partial charge on any atom is 0.191 e. The minimum absolute atomic E-state index is 0.0668. The van der Waals surface area contributed by atoms with Crippen molar-refractivity contribution in [3.05, 3.63) is 70.9 Å². The third-order valence-corrected chi connectivity index (χ3v) is 5.60. The smallest absolute Gasteiger partial charge is 0.191 e. The number of aliphatic imine (C=N–C) groups is 1. The molecule has 0 radical (unpaired) electrons. The molecule has 0 atom stereocenters. The third kappa shape index (κ3) is 6.09. The Morgan fingerprint density at radius 3 is 2.48 bits per heavy atom. The summed E-state index contributed by atoms with van der Waals surface area (Å²) in [4.78, 5) is 7.60. The van der Waals surface area contributed by atoms with Crippen molar-refractivity contribution in [2.45, 2.75) is 25.6 Å². The van der Waals surface area contributed by atoms with Gasteiger partial charge in [-0.2, -0.15) is 0 Å². The number of H-pyrrole nitrogens is 1. The fraction of sp³-hybridized carbons (Fsp3) is 0.318. The molecule has 1 heterocycles. The van der Waals surface area contributed by atoms with E-state index in [1.807, 2.05) is 24.3 Å². The lowest BCUT2D eigenvalue weighted by atomic mass is 10.1. The zero-order chi connectivity index (χ0) is 20.9. The predicted octanol–water partition coefficient (Wildman–Crippen LogP) is 2.93. The van der Waals surface area contributed by atoms with E-state index in [2.05, 4.69) is 51.9 Å². The summed E-state index contributed by atoms with van der Waals surface area (Å²) in [5.41, 5.74) is 5.56. The highest BCUT2D eigenvalue weighted by Crippen LogP contribution is 2.19. The number of hydrogen-bond acceptors (Lipinski definition) is 3. The molecule has 0 aliphatic rings. The molecule has 0 amide bonds. The molecule has 2 aromatic carbocycles. The third-order valence-electron chi connectivity index (χ3n) is 4.75. The molecule has 6 nitrogen and oxygen atoms in total. The van der Waals surface area contributed by atoms with Gasteiger partial charge in [0.05, 0.1) is 5.75 Å². The molecule has 0 saturated carbocycles. The highest BCUT2D eigenvalue weighted by atomic mass is 32.2. The minimum Gasteiger partial charge on any atom is -0.361 e. The van der Waals surface area contributed by atoms with Crippen molar-refractivity contribution in [3.8, 4) is 0 Å². The molecule has 0 spiro atoms. The van der Waals surface area contributed by atoms with Gasteiger partial charge in [-0.15, -0.1) is 0 Å². The van der Waals surface area contributed by atoms with Gasteiger partial charge >= 0.3 is 0 Å². The number of hydrogen-bond donors (Lipinski definition) is 3. The summed E-state index contributed by atoms with van der Waals surface area (Å²) < 4.78 is 22.7. The molecular weight excluding hydrogens is 384 g/mol. The van der Waals surface area contributed by atoms with Crippen molar-refractivity contribution in [2.75, 3.05) is 19.8 Å². The first-order valence-electron chi connectivity index (χ1n) is 9.61.